The standard InChI is InChI=1S/C14H26N2O2/c1-5-6-7-8-15-12(17)10-9-11(10)13(18)16-14(2,3)4/h10-11H,5-9H2,1-4H3,(H,15,17)(H,16,18). The minimum absolute atomic E-state index is 0.0104. The maximum Gasteiger partial charge on any atom is 0.224 e. The molecule has 0 radical (unpaired) electrons. The second kappa shape index (κ2) is 6.21. The maximum absolute atomic E-state index is 11.8. The van der Waals surface area contributed by atoms with Crippen LogP contribution in [0.2, 0.25) is 0 Å². The molecule has 1 rings (SSSR count). The smallest absolute Gasteiger partial charge is 0.224 e. The van der Waals surface area contributed by atoms with Gasteiger partial charge in [-0.2, -0.15) is 0 Å². The molecular weight excluding hydrogens is 228 g/mol. The number of nitrogens with one attached hydrogen (secondary N) is 2. The van der Waals surface area contributed by atoms with Crippen LogP contribution >= 0.6 is 0 Å². The van der Waals surface area contributed by atoms with Crippen LogP contribution in [0.4, 0.5) is 0 Å². The predicted molar refractivity (Wildman–Crippen MR) is 72.0 cm³/mol. The van der Waals surface area contributed by atoms with E-state index in [2.05, 4.69) is 17.6 Å². The van der Waals surface area contributed by atoms with Crippen molar-refractivity contribution in [3.63, 3.8) is 0 Å². The average Bonchev–Trinajstić information content (AvgIpc) is 3.01. The molecule has 104 valence electrons. The Hall–Kier alpha value is -1.06. The van der Waals surface area contributed by atoms with Crippen LogP contribution in [0.3, 0.4) is 0 Å². The second-order valence-corrected chi connectivity index (χ2v) is 6.19. The molecule has 2 N–H and O–H groups in total. The summed E-state index contributed by atoms with van der Waals surface area (Å²) in [7, 11) is 0. The Kier molecular flexibility index (Phi) is 5.17. The second-order valence-electron chi connectivity index (χ2n) is 6.19. The van der Waals surface area contributed by atoms with Gasteiger partial charge < -0.3 is 10.6 Å². The minimum Gasteiger partial charge on any atom is -0.356 e. The van der Waals surface area contributed by atoms with Crippen LogP contribution in [0.5, 0.6) is 0 Å². The summed E-state index contributed by atoms with van der Waals surface area (Å²) in [5.41, 5.74) is -0.220. The van der Waals surface area contributed by atoms with Gasteiger partial charge in [0.1, 0.15) is 0 Å². The van der Waals surface area contributed by atoms with Crippen LogP contribution in [0.25, 0.3) is 0 Å². The Bertz CT molecular complexity index is 307. The fraction of sp³-hybridized carbons (Fsp3) is 0.857. The Morgan fingerprint density at radius 1 is 1.11 bits per heavy atom. The van der Waals surface area contributed by atoms with E-state index in [0.717, 1.165) is 25.8 Å². The lowest BCUT2D eigenvalue weighted by molar-refractivity contribution is -0.128. The van der Waals surface area contributed by atoms with Crippen LogP contribution in [-0.2, 0) is 9.59 Å². The van der Waals surface area contributed by atoms with Crippen molar-refractivity contribution in [1.82, 2.24) is 10.6 Å². The summed E-state index contributed by atoms with van der Waals surface area (Å²) < 4.78 is 0. The molecule has 0 heterocycles. The number of hydrogen-bond acceptors (Lipinski definition) is 2. The zero-order valence-electron chi connectivity index (χ0n) is 12.0. The Balaban J connectivity index is 2.23. The molecule has 4 nitrogen and oxygen atoms in total. The molecule has 2 amide bonds. The van der Waals surface area contributed by atoms with Gasteiger partial charge in [0.2, 0.25) is 11.8 Å². The number of hydrogen-bond donors (Lipinski definition) is 2. The predicted octanol–water partition coefficient (Wildman–Crippen LogP) is 1.84. The zero-order valence-corrected chi connectivity index (χ0v) is 12.0. The van der Waals surface area contributed by atoms with Crippen molar-refractivity contribution in [2.24, 2.45) is 11.8 Å². The van der Waals surface area contributed by atoms with E-state index in [1.54, 1.807) is 0 Å². The first kappa shape index (κ1) is 15.0. The molecule has 18 heavy (non-hydrogen) atoms. The molecule has 0 bridgehead atoms. The monoisotopic (exact) mass is 254 g/mol. The third kappa shape index (κ3) is 5.07. The molecule has 0 aromatic carbocycles. The van der Waals surface area contributed by atoms with Gasteiger partial charge in [0, 0.05) is 12.1 Å². The largest absolute Gasteiger partial charge is 0.356 e. The quantitative estimate of drug-likeness (QED) is 0.711. The van der Waals surface area contributed by atoms with Crippen molar-refractivity contribution in [1.29, 1.82) is 0 Å². The van der Waals surface area contributed by atoms with Gasteiger partial charge in [-0.05, 0) is 33.6 Å². The molecule has 1 aliphatic rings. The molecule has 1 aliphatic carbocycles. The highest BCUT2D eigenvalue weighted by Gasteiger charge is 2.48. The van der Waals surface area contributed by atoms with Gasteiger partial charge in [-0.15, -0.1) is 0 Å². The van der Waals surface area contributed by atoms with Gasteiger partial charge in [0.25, 0.3) is 0 Å². The van der Waals surface area contributed by atoms with E-state index in [4.69, 9.17) is 0 Å². The van der Waals surface area contributed by atoms with Gasteiger partial charge in [0.05, 0.1) is 11.8 Å². The van der Waals surface area contributed by atoms with Crippen LogP contribution in [-0.4, -0.2) is 23.9 Å². The molecule has 2 unspecified atom stereocenters. The zero-order chi connectivity index (χ0) is 13.8. The molecule has 0 spiro atoms. The number of carbonyl (C=O) groups excluding carboxylic acids is 2. The van der Waals surface area contributed by atoms with E-state index in [0.29, 0.717) is 6.42 Å². The topological polar surface area (TPSA) is 58.2 Å². The van der Waals surface area contributed by atoms with Gasteiger partial charge in [0.15, 0.2) is 0 Å². The van der Waals surface area contributed by atoms with Gasteiger partial charge >= 0.3 is 0 Å². The van der Waals surface area contributed by atoms with Crippen molar-refractivity contribution in [2.75, 3.05) is 6.54 Å². The molecule has 0 aromatic rings. The fourth-order valence-corrected chi connectivity index (χ4v) is 1.95. The fourth-order valence-electron chi connectivity index (χ4n) is 1.95. The summed E-state index contributed by atoms with van der Waals surface area (Å²) in [5, 5.41) is 5.83. The summed E-state index contributed by atoms with van der Waals surface area (Å²) in [4.78, 5) is 23.6. The third-order valence-electron chi connectivity index (χ3n) is 3.04. The summed E-state index contributed by atoms with van der Waals surface area (Å²) in [6.45, 7) is 8.72. The molecule has 1 saturated carbocycles. The van der Waals surface area contributed by atoms with Crippen molar-refractivity contribution < 1.29 is 9.59 Å². The number of unbranched alkanes of at least 4 members (excludes halogenated alkanes) is 2. The summed E-state index contributed by atoms with van der Waals surface area (Å²) >= 11 is 0. The minimum atomic E-state index is -0.220. The Morgan fingerprint density at radius 2 is 1.72 bits per heavy atom. The number of amides is 2. The Labute approximate surface area is 110 Å². The molecule has 4 heteroatoms. The average molecular weight is 254 g/mol. The third-order valence-corrected chi connectivity index (χ3v) is 3.04. The van der Waals surface area contributed by atoms with Crippen molar-refractivity contribution in [3.8, 4) is 0 Å². The first-order valence-corrected chi connectivity index (χ1v) is 6.95. The number of rotatable bonds is 6. The SMILES string of the molecule is CCCCCNC(=O)C1CC1C(=O)NC(C)(C)C. The molecule has 0 aromatic heterocycles. The van der Waals surface area contributed by atoms with E-state index in [-0.39, 0.29) is 29.2 Å². The van der Waals surface area contributed by atoms with Gasteiger partial charge in [-0.25, -0.2) is 0 Å². The lowest BCUT2D eigenvalue weighted by Gasteiger charge is -2.20. The maximum atomic E-state index is 11.8. The first-order valence-electron chi connectivity index (χ1n) is 6.95. The van der Waals surface area contributed by atoms with E-state index >= 15 is 0 Å². The van der Waals surface area contributed by atoms with Crippen LogP contribution in [0.15, 0.2) is 0 Å². The van der Waals surface area contributed by atoms with Gasteiger partial charge in [-0.1, -0.05) is 19.8 Å². The van der Waals surface area contributed by atoms with Gasteiger partial charge in [-0.3, -0.25) is 9.59 Å². The van der Waals surface area contributed by atoms with Crippen LogP contribution < -0.4 is 10.6 Å². The van der Waals surface area contributed by atoms with E-state index < -0.39 is 0 Å². The van der Waals surface area contributed by atoms with E-state index in [1.807, 2.05) is 20.8 Å². The lowest BCUT2D eigenvalue weighted by Crippen LogP contribution is -2.42. The lowest BCUT2D eigenvalue weighted by atomic mass is 10.1. The molecule has 0 saturated heterocycles. The summed E-state index contributed by atoms with van der Waals surface area (Å²) in [6.07, 6.45) is 4.00. The highest BCUT2D eigenvalue weighted by Crippen LogP contribution is 2.39. The van der Waals surface area contributed by atoms with Crippen molar-refractivity contribution in [2.45, 2.75) is 58.9 Å². The molecule has 0 aliphatic heterocycles. The van der Waals surface area contributed by atoms with Crippen molar-refractivity contribution >= 4 is 11.8 Å². The molecule has 1 fully saturated rings. The summed E-state index contributed by atoms with van der Waals surface area (Å²) in [6, 6.07) is 0. The van der Waals surface area contributed by atoms with Crippen molar-refractivity contribution in [3.05, 3.63) is 0 Å². The Morgan fingerprint density at radius 3 is 2.28 bits per heavy atom. The highest BCUT2D eigenvalue weighted by molar-refractivity contribution is 5.92. The van der Waals surface area contributed by atoms with E-state index in [9.17, 15) is 9.59 Å². The molecule has 2 atom stereocenters. The highest BCUT2D eigenvalue weighted by atomic mass is 16.2. The van der Waals surface area contributed by atoms with Crippen LogP contribution in [0.1, 0.15) is 53.4 Å². The molecular formula is C14H26N2O2. The first-order chi connectivity index (χ1) is 8.35. The summed E-state index contributed by atoms with van der Waals surface area (Å²) in [5.74, 6) is -0.166. The van der Waals surface area contributed by atoms with E-state index in [1.165, 1.54) is 0 Å². The number of carbonyl (C=O) groups is 2. The normalized spacial score (nSPS) is 22.4. The van der Waals surface area contributed by atoms with Crippen LogP contribution in [0, 0.1) is 11.8 Å².